The summed E-state index contributed by atoms with van der Waals surface area (Å²) in [6.45, 7) is 4.34. The van der Waals surface area contributed by atoms with Gasteiger partial charge in [0.15, 0.2) is 0 Å². The summed E-state index contributed by atoms with van der Waals surface area (Å²) in [4.78, 5) is 17.1. The van der Waals surface area contributed by atoms with Gasteiger partial charge < -0.3 is 9.80 Å². The number of likely N-dealkylation sites (tertiary alicyclic amines) is 2. The van der Waals surface area contributed by atoms with Crippen LogP contribution < -0.4 is 0 Å². The Labute approximate surface area is 133 Å². The standard InChI is InChI=1S/C15H21BrN2OS/c16-14-10-12(11-20-14)15(19)18-8-4-13(5-9-18)17-6-2-1-3-7-17/h10-11,13H,1-9H2. The maximum atomic E-state index is 12.4. The second-order valence-electron chi connectivity index (χ2n) is 5.76. The van der Waals surface area contributed by atoms with Crippen LogP contribution in [0, 0.1) is 0 Å². The Morgan fingerprint density at radius 1 is 1.15 bits per heavy atom. The molecule has 0 aromatic carbocycles. The molecule has 110 valence electrons. The highest BCUT2D eigenvalue weighted by Crippen LogP contribution is 2.25. The molecule has 2 fully saturated rings. The monoisotopic (exact) mass is 356 g/mol. The van der Waals surface area contributed by atoms with Crippen LogP contribution in [0.2, 0.25) is 0 Å². The molecule has 3 heterocycles. The molecule has 0 unspecified atom stereocenters. The molecule has 0 aliphatic carbocycles. The van der Waals surface area contributed by atoms with Crippen molar-refractivity contribution in [2.75, 3.05) is 26.2 Å². The Morgan fingerprint density at radius 2 is 1.85 bits per heavy atom. The first kappa shape index (κ1) is 14.5. The maximum absolute atomic E-state index is 12.4. The third-order valence-electron chi connectivity index (χ3n) is 4.47. The van der Waals surface area contributed by atoms with Gasteiger partial charge in [-0.3, -0.25) is 4.79 Å². The fraction of sp³-hybridized carbons (Fsp3) is 0.667. The fourth-order valence-electron chi connectivity index (χ4n) is 3.32. The van der Waals surface area contributed by atoms with Crippen LogP contribution in [0.1, 0.15) is 42.5 Å². The number of rotatable bonds is 2. The predicted octanol–water partition coefficient (Wildman–Crippen LogP) is 3.60. The van der Waals surface area contributed by atoms with Crippen molar-refractivity contribution in [3.63, 3.8) is 0 Å². The van der Waals surface area contributed by atoms with E-state index in [4.69, 9.17) is 0 Å². The van der Waals surface area contributed by atoms with Gasteiger partial charge in [0, 0.05) is 24.5 Å². The number of hydrogen-bond acceptors (Lipinski definition) is 3. The van der Waals surface area contributed by atoms with Crippen LogP contribution in [0.15, 0.2) is 15.2 Å². The van der Waals surface area contributed by atoms with Gasteiger partial charge in [-0.1, -0.05) is 6.42 Å². The maximum Gasteiger partial charge on any atom is 0.254 e. The first-order valence-electron chi connectivity index (χ1n) is 7.51. The Balaban J connectivity index is 1.54. The summed E-state index contributed by atoms with van der Waals surface area (Å²) in [6, 6.07) is 2.64. The van der Waals surface area contributed by atoms with Gasteiger partial charge in [0.1, 0.15) is 0 Å². The zero-order valence-corrected chi connectivity index (χ0v) is 14.1. The summed E-state index contributed by atoms with van der Waals surface area (Å²) < 4.78 is 1.03. The molecule has 1 amide bonds. The Kier molecular flexibility index (Phi) is 4.79. The van der Waals surface area contributed by atoms with E-state index >= 15 is 0 Å². The SMILES string of the molecule is O=C(c1csc(Br)c1)N1CCC(N2CCCCC2)CC1. The van der Waals surface area contributed by atoms with Gasteiger partial charge in [0.2, 0.25) is 0 Å². The summed E-state index contributed by atoms with van der Waals surface area (Å²) in [7, 11) is 0. The van der Waals surface area contributed by atoms with Crippen molar-refractivity contribution in [3.8, 4) is 0 Å². The van der Waals surface area contributed by atoms with E-state index in [0.29, 0.717) is 6.04 Å². The van der Waals surface area contributed by atoms with Crippen LogP contribution in [-0.2, 0) is 0 Å². The lowest BCUT2D eigenvalue weighted by Gasteiger charge is -2.40. The molecule has 2 saturated heterocycles. The van der Waals surface area contributed by atoms with Crippen LogP contribution in [0.3, 0.4) is 0 Å². The first-order valence-corrected chi connectivity index (χ1v) is 9.18. The number of piperidine rings is 2. The van der Waals surface area contributed by atoms with Crippen molar-refractivity contribution in [1.82, 2.24) is 9.80 Å². The third-order valence-corrected chi connectivity index (χ3v) is 5.98. The minimum absolute atomic E-state index is 0.198. The smallest absolute Gasteiger partial charge is 0.254 e. The lowest BCUT2D eigenvalue weighted by molar-refractivity contribution is 0.0590. The summed E-state index contributed by atoms with van der Waals surface area (Å²) in [6.07, 6.45) is 6.36. The van der Waals surface area contributed by atoms with E-state index in [0.717, 1.165) is 35.3 Å². The van der Waals surface area contributed by atoms with Crippen LogP contribution in [0.25, 0.3) is 0 Å². The van der Waals surface area contributed by atoms with Gasteiger partial charge in [0.05, 0.1) is 9.35 Å². The van der Waals surface area contributed by atoms with Crippen LogP contribution in [-0.4, -0.2) is 47.9 Å². The third kappa shape index (κ3) is 3.26. The molecule has 2 aliphatic rings. The van der Waals surface area contributed by atoms with Crippen LogP contribution >= 0.6 is 27.3 Å². The van der Waals surface area contributed by atoms with E-state index in [-0.39, 0.29) is 5.91 Å². The molecule has 2 aliphatic heterocycles. The molecular formula is C15H21BrN2OS. The summed E-state index contributed by atoms with van der Waals surface area (Å²) in [5.41, 5.74) is 0.832. The molecule has 0 radical (unpaired) electrons. The van der Waals surface area contributed by atoms with E-state index in [9.17, 15) is 4.79 Å². The van der Waals surface area contributed by atoms with Gasteiger partial charge in [-0.15, -0.1) is 11.3 Å². The van der Waals surface area contributed by atoms with Crippen LogP contribution in [0.5, 0.6) is 0 Å². The summed E-state index contributed by atoms with van der Waals surface area (Å²) in [5, 5.41) is 1.95. The second kappa shape index (κ2) is 6.58. The number of thiophene rings is 1. The molecule has 20 heavy (non-hydrogen) atoms. The number of carbonyl (C=O) groups is 1. The highest BCUT2D eigenvalue weighted by molar-refractivity contribution is 9.11. The van der Waals surface area contributed by atoms with Gasteiger partial charge in [-0.2, -0.15) is 0 Å². The molecule has 5 heteroatoms. The minimum atomic E-state index is 0.198. The highest BCUT2D eigenvalue weighted by Gasteiger charge is 2.28. The largest absolute Gasteiger partial charge is 0.339 e. The highest BCUT2D eigenvalue weighted by atomic mass is 79.9. The normalized spacial score (nSPS) is 22.1. The number of hydrogen-bond donors (Lipinski definition) is 0. The first-order chi connectivity index (χ1) is 9.74. The lowest BCUT2D eigenvalue weighted by atomic mass is 9.99. The van der Waals surface area contributed by atoms with Crippen molar-refractivity contribution < 1.29 is 4.79 Å². The molecule has 0 bridgehead atoms. The van der Waals surface area contributed by atoms with Gasteiger partial charge in [0.25, 0.3) is 5.91 Å². The summed E-state index contributed by atoms with van der Waals surface area (Å²) in [5.74, 6) is 0.198. The van der Waals surface area contributed by atoms with Gasteiger partial charge in [-0.25, -0.2) is 0 Å². The van der Waals surface area contributed by atoms with E-state index < -0.39 is 0 Å². The zero-order chi connectivity index (χ0) is 13.9. The Bertz CT molecular complexity index is 462. The average Bonchev–Trinajstić information content (AvgIpc) is 2.94. The molecule has 1 aromatic rings. The molecule has 0 spiro atoms. The van der Waals surface area contributed by atoms with E-state index in [1.807, 2.05) is 16.3 Å². The predicted molar refractivity (Wildman–Crippen MR) is 86.4 cm³/mol. The molecule has 0 saturated carbocycles. The zero-order valence-electron chi connectivity index (χ0n) is 11.7. The van der Waals surface area contributed by atoms with Gasteiger partial charge in [-0.05, 0) is 60.8 Å². The second-order valence-corrected chi connectivity index (χ2v) is 8.05. The van der Waals surface area contributed by atoms with Crippen molar-refractivity contribution >= 4 is 33.2 Å². The molecule has 0 atom stereocenters. The van der Waals surface area contributed by atoms with E-state index in [2.05, 4.69) is 20.8 Å². The number of halogens is 1. The van der Waals surface area contributed by atoms with Crippen molar-refractivity contribution in [2.45, 2.75) is 38.1 Å². The molecule has 0 N–H and O–H groups in total. The quantitative estimate of drug-likeness (QED) is 0.808. The minimum Gasteiger partial charge on any atom is -0.339 e. The van der Waals surface area contributed by atoms with Crippen molar-refractivity contribution in [3.05, 3.63) is 20.8 Å². The van der Waals surface area contributed by atoms with Crippen molar-refractivity contribution in [1.29, 1.82) is 0 Å². The number of carbonyl (C=O) groups excluding carboxylic acids is 1. The topological polar surface area (TPSA) is 23.6 Å². The van der Waals surface area contributed by atoms with Crippen LogP contribution in [0.4, 0.5) is 0 Å². The Hall–Kier alpha value is -0.390. The van der Waals surface area contributed by atoms with Crippen molar-refractivity contribution in [2.24, 2.45) is 0 Å². The molecule has 3 rings (SSSR count). The molecular weight excluding hydrogens is 336 g/mol. The Morgan fingerprint density at radius 3 is 2.45 bits per heavy atom. The lowest BCUT2D eigenvalue weighted by Crippen LogP contribution is -2.48. The molecule has 3 nitrogen and oxygen atoms in total. The number of nitrogens with zero attached hydrogens (tertiary/aromatic N) is 2. The summed E-state index contributed by atoms with van der Waals surface area (Å²) >= 11 is 5.01. The van der Waals surface area contributed by atoms with Gasteiger partial charge >= 0.3 is 0 Å². The van der Waals surface area contributed by atoms with E-state index in [1.54, 1.807) is 11.3 Å². The molecule has 1 aromatic heterocycles. The van der Waals surface area contributed by atoms with E-state index in [1.165, 1.54) is 32.4 Å². The number of amides is 1. The fourth-order valence-corrected chi connectivity index (χ4v) is 4.45. The average molecular weight is 357 g/mol.